The maximum Gasteiger partial charge on any atom is 0.260 e. The fourth-order valence-electron chi connectivity index (χ4n) is 3.37. The number of aryl methyl sites for hydroxylation is 2. The fraction of sp³-hybridized carbons (Fsp3) is 0.150. The number of thiophene rings is 1. The molecule has 10 heteroatoms. The maximum absolute atomic E-state index is 12.8. The van der Waals surface area contributed by atoms with Crippen molar-refractivity contribution >= 4 is 50.7 Å². The summed E-state index contributed by atoms with van der Waals surface area (Å²) in [6.07, 6.45) is 0. The van der Waals surface area contributed by atoms with Gasteiger partial charge in [0.25, 0.3) is 11.3 Å². The molecular weight excluding hydrogens is 440 g/mol. The molecule has 0 saturated heterocycles. The van der Waals surface area contributed by atoms with Crippen LogP contribution in [0, 0.1) is 13.8 Å². The van der Waals surface area contributed by atoms with E-state index in [1.165, 1.54) is 23.1 Å². The Morgan fingerprint density at radius 1 is 1.17 bits per heavy atom. The first kappa shape index (κ1) is 19.2. The summed E-state index contributed by atoms with van der Waals surface area (Å²) in [5.41, 5.74) is 3.35. The van der Waals surface area contributed by atoms with E-state index in [0.29, 0.717) is 37.8 Å². The Morgan fingerprint density at radius 2 is 2.00 bits per heavy atom. The van der Waals surface area contributed by atoms with Crippen molar-refractivity contribution in [2.75, 3.05) is 0 Å². The summed E-state index contributed by atoms with van der Waals surface area (Å²) in [4.78, 5) is 25.5. The third kappa shape index (κ3) is 3.28. The van der Waals surface area contributed by atoms with Crippen LogP contribution in [0.15, 0.2) is 45.7 Å². The quantitative estimate of drug-likeness (QED) is 0.397. The van der Waals surface area contributed by atoms with Crippen LogP contribution < -0.4 is 5.56 Å². The minimum Gasteiger partial charge on any atom is -0.309 e. The molecule has 0 spiro atoms. The molecule has 0 radical (unpaired) electrons. The molecule has 7 nitrogen and oxygen atoms in total. The second-order valence-electron chi connectivity index (χ2n) is 6.77. The van der Waals surface area contributed by atoms with Crippen molar-refractivity contribution in [1.29, 1.82) is 0 Å². The third-order valence-corrected chi connectivity index (χ3v) is 6.80. The van der Waals surface area contributed by atoms with E-state index < -0.39 is 0 Å². The topological polar surface area (TPSA) is 88.8 Å². The smallest absolute Gasteiger partial charge is 0.260 e. The summed E-state index contributed by atoms with van der Waals surface area (Å²) in [5.74, 6) is 1.60. The molecule has 5 aromatic rings. The van der Waals surface area contributed by atoms with Crippen LogP contribution in [0.1, 0.15) is 17.2 Å². The van der Waals surface area contributed by atoms with Crippen molar-refractivity contribution < 1.29 is 0 Å². The van der Waals surface area contributed by atoms with E-state index in [1.54, 1.807) is 0 Å². The first-order valence-electron chi connectivity index (χ1n) is 9.09. The predicted octanol–water partition coefficient (Wildman–Crippen LogP) is 4.65. The minimum absolute atomic E-state index is 0.175. The number of hydrogen-bond donors (Lipinski definition) is 1. The lowest BCUT2D eigenvalue weighted by Crippen LogP contribution is -2.11. The van der Waals surface area contributed by atoms with Gasteiger partial charge in [-0.25, -0.2) is 9.97 Å². The SMILES string of the molecule is Cc1cc(C)n2c(SCc3nc4scc(-c5ccccc5Cl)c4c(=O)[nH]3)nnc2n1. The monoisotopic (exact) mass is 454 g/mol. The summed E-state index contributed by atoms with van der Waals surface area (Å²) in [6, 6.07) is 9.47. The molecule has 4 aromatic heterocycles. The van der Waals surface area contributed by atoms with Crippen LogP contribution in [0.4, 0.5) is 0 Å². The second kappa shape index (κ2) is 7.50. The van der Waals surface area contributed by atoms with E-state index >= 15 is 0 Å². The molecule has 30 heavy (non-hydrogen) atoms. The van der Waals surface area contributed by atoms with E-state index in [0.717, 1.165) is 22.5 Å². The highest BCUT2D eigenvalue weighted by molar-refractivity contribution is 7.98. The molecule has 0 fully saturated rings. The third-order valence-electron chi connectivity index (χ3n) is 4.66. The number of halogens is 1. The highest BCUT2D eigenvalue weighted by Gasteiger charge is 2.16. The number of fused-ring (bicyclic) bond motifs is 2. The van der Waals surface area contributed by atoms with E-state index in [4.69, 9.17) is 11.6 Å². The van der Waals surface area contributed by atoms with Gasteiger partial charge in [0.15, 0.2) is 5.16 Å². The number of hydrogen-bond acceptors (Lipinski definition) is 7. The van der Waals surface area contributed by atoms with Crippen LogP contribution in [0.5, 0.6) is 0 Å². The van der Waals surface area contributed by atoms with Crippen LogP contribution in [0.2, 0.25) is 5.02 Å². The number of benzene rings is 1. The molecule has 0 amide bonds. The fourth-order valence-corrected chi connectivity index (χ4v) is 5.42. The van der Waals surface area contributed by atoms with Gasteiger partial charge in [-0.3, -0.25) is 9.20 Å². The number of nitrogens with one attached hydrogen (secondary N) is 1. The van der Waals surface area contributed by atoms with Crippen LogP contribution >= 0.6 is 34.7 Å². The standard InChI is InChI=1S/C20H15ClN6OS2/c1-10-7-11(2)27-19(22-10)25-26-20(27)30-9-15-23-17(28)16-13(8-29-18(16)24-15)12-5-3-4-6-14(12)21/h3-8H,9H2,1-2H3,(H,23,24,28). The summed E-state index contributed by atoms with van der Waals surface area (Å²) in [7, 11) is 0. The normalized spacial score (nSPS) is 11.6. The van der Waals surface area contributed by atoms with Gasteiger partial charge in [0.05, 0.1) is 11.1 Å². The summed E-state index contributed by atoms with van der Waals surface area (Å²) in [5, 5.41) is 12.2. The van der Waals surface area contributed by atoms with Crippen molar-refractivity contribution in [2.24, 2.45) is 0 Å². The minimum atomic E-state index is -0.175. The molecule has 150 valence electrons. The predicted molar refractivity (Wildman–Crippen MR) is 121 cm³/mol. The van der Waals surface area contributed by atoms with Gasteiger partial charge in [-0.1, -0.05) is 41.6 Å². The van der Waals surface area contributed by atoms with Crippen molar-refractivity contribution in [1.82, 2.24) is 29.5 Å². The molecule has 0 saturated carbocycles. The van der Waals surface area contributed by atoms with Gasteiger partial charge in [-0.2, -0.15) is 0 Å². The van der Waals surface area contributed by atoms with Gasteiger partial charge in [-0.05, 0) is 26.0 Å². The molecule has 5 rings (SSSR count). The Bertz CT molecular complexity index is 1470. The zero-order valence-electron chi connectivity index (χ0n) is 16.0. The second-order valence-corrected chi connectivity index (χ2v) is 8.98. The van der Waals surface area contributed by atoms with E-state index in [-0.39, 0.29) is 5.56 Å². The highest BCUT2D eigenvalue weighted by Crippen LogP contribution is 2.35. The number of H-pyrrole nitrogens is 1. The van der Waals surface area contributed by atoms with E-state index in [1.807, 2.05) is 54.0 Å². The first-order valence-corrected chi connectivity index (χ1v) is 11.3. The van der Waals surface area contributed by atoms with Gasteiger partial charge in [-0.15, -0.1) is 21.5 Å². The van der Waals surface area contributed by atoms with Gasteiger partial charge in [0.1, 0.15) is 10.7 Å². The zero-order valence-corrected chi connectivity index (χ0v) is 18.4. The number of aromatic amines is 1. The van der Waals surface area contributed by atoms with Crippen LogP contribution in [-0.2, 0) is 5.75 Å². The summed E-state index contributed by atoms with van der Waals surface area (Å²) in [6.45, 7) is 3.92. The molecule has 1 N–H and O–H groups in total. The number of rotatable bonds is 4. The molecule has 0 bridgehead atoms. The molecule has 0 unspecified atom stereocenters. The number of nitrogens with zero attached hydrogens (tertiary/aromatic N) is 5. The first-order chi connectivity index (χ1) is 14.5. The van der Waals surface area contributed by atoms with Crippen molar-refractivity contribution in [2.45, 2.75) is 24.8 Å². The van der Waals surface area contributed by atoms with Crippen LogP contribution in [0.25, 0.3) is 27.1 Å². The van der Waals surface area contributed by atoms with E-state index in [2.05, 4.69) is 25.1 Å². The van der Waals surface area contributed by atoms with Gasteiger partial charge in [0, 0.05) is 32.9 Å². The lowest BCUT2D eigenvalue weighted by atomic mass is 10.1. The molecule has 0 aliphatic heterocycles. The molecular formula is C20H15ClN6OS2. The Kier molecular flexibility index (Phi) is 4.80. The van der Waals surface area contributed by atoms with Gasteiger partial charge in [0.2, 0.25) is 0 Å². The lowest BCUT2D eigenvalue weighted by molar-refractivity contribution is 0.883. The number of thioether (sulfide) groups is 1. The van der Waals surface area contributed by atoms with Crippen molar-refractivity contribution in [3.05, 3.63) is 68.3 Å². The van der Waals surface area contributed by atoms with Crippen molar-refractivity contribution in [3.63, 3.8) is 0 Å². The molecule has 4 heterocycles. The van der Waals surface area contributed by atoms with E-state index in [9.17, 15) is 4.79 Å². The average molecular weight is 455 g/mol. The average Bonchev–Trinajstić information content (AvgIpc) is 3.31. The maximum atomic E-state index is 12.8. The lowest BCUT2D eigenvalue weighted by Gasteiger charge is -2.05. The Morgan fingerprint density at radius 3 is 2.83 bits per heavy atom. The molecule has 0 aliphatic rings. The number of aromatic nitrogens is 6. The van der Waals surface area contributed by atoms with Crippen LogP contribution in [-0.4, -0.2) is 29.5 Å². The Balaban J connectivity index is 1.48. The highest BCUT2D eigenvalue weighted by atomic mass is 35.5. The molecule has 0 atom stereocenters. The van der Waals surface area contributed by atoms with Crippen molar-refractivity contribution in [3.8, 4) is 11.1 Å². The largest absolute Gasteiger partial charge is 0.309 e. The van der Waals surface area contributed by atoms with Gasteiger partial charge < -0.3 is 4.98 Å². The Labute approximate surface area is 184 Å². The van der Waals surface area contributed by atoms with Gasteiger partial charge >= 0.3 is 0 Å². The molecule has 0 aliphatic carbocycles. The van der Waals surface area contributed by atoms with Crippen LogP contribution in [0.3, 0.4) is 0 Å². The summed E-state index contributed by atoms with van der Waals surface area (Å²) < 4.78 is 1.90. The molecule has 1 aromatic carbocycles. The zero-order chi connectivity index (χ0) is 20.8. The summed E-state index contributed by atoms with van der Waals surface area (Å²) >= 11 is 9.21. The Hall–Kier alpha value is -2.75.